The van der Waals surface area contributed by atoms with Gasteiger partial charge in [0.25, 0.3) is 0 Å². The predicted molar refractivity (Wildman–Crippen MR) is 104 cm³/mol. The normalized spacial score (nSPS) is 24.1. The van der Waals surface area contributed by atoms with Crippen LogP contribution < -0.4 is 10.6 Å². The van der Waals surface area contributed by atoms with E-state index in [2.05, 4.69) is 27.7 Å². The lowest BCUT2D eigenvalue weighted by Crippen LogP contribution is -2.41. The smallest absolute Gasteiger partial charge is 0.242 e. The van der Waals surface area contributed by atoms with Crippen LogP contribution in [0.5, 0.6) is 0 Å². The van der Waals surface area contributed by atoms with Crippen molar-refractivity contribution in [3.05, 3.63) is 71.3 Å². The van der Waals surface area contributed by atoms with Crippen LogP contribution in [0.3, 0.4) is 0 Å². The van der Waals surface area contributed by atoms with Crippen LogP contribution in [-0.2, 0) is 22.7 Å². The van der Waals surface area contributed by atoms with Crippen LogP contribution in [0.4, 0.5) is 8.78 Å². The summed E-state index contributed by atoms with van der Waals surface area (Å²) < 4.78 is 26.7. The van der Waals surface area contributed by atoms with Gasteiger partial charge >= 0.3 is 0 Å². The molecule has 0 unspecified atom stereocenters. The van der Waals surface area contributed by atoms with Gasteiger partial charge in [0.1, 0.15) is 17.7 Å². The fourth-order valence-corrected chi connectivity index (χ4v) is 4.26. The van der Waals surface area contributed by atoms with E-state index in [0.29, 0.717) is 19.4 Å². The van der Waals surface area contributed by atoms with Crippen LogP contribution in [0.1, 0.15) is 24.0 Å². The van der Waals surface area contributed by atoms with E-state index in [1.807, 2.05) is 18.2 Å². The third-order valence-electron chi connectivity index (χ3n) is 5.85. The topological polar surface area (TPSA) is 61.4 Å². The highest BCUT2D eigenvalue weighted by atomic mass is 19.1. The lowest BCUT2D eigenvalue weighted by atomic mass is 9.84. The summed E-state index contributed by atoms with van der Waals surface area (Å²) in [6.07, 6.45) is 1.14. The Morgan fingerprint density at radius 2 is 2.00 bits per heavy atom. The molecule has 4 rings (SSSR count). The molecule has 152 valence electrons. The van der Waals surface area contributed by atoms with Crippen molar-refractivity contribution in [3.8, 4) is 0 Å². The van der Waals surface area contributed by atoms with Gasteiger partial charge in [-0.25, -0.2) is 8.78 Å². The van der Waals surface area contributed by atoms with E-state index in [0.717, 1.165) is 25.2 Å². The standard InChI is InChI=1S/C22H23F2N3O2/c23-17-7-6-16(18(24)10-17)12-25-20(28)19-11-22(21(29)26-19)8-9-27(14-22)13-15-4-2-1-3-5-15/h1-7,10,19H,8-9,11-14H2,(H,25,28)(H,26,29)/t19-,22-/m0/s1. The molecule has 5 nitrogen and oxygen atoms in total. The molecule has 1 spiro atoms. The molecule has 2 amide bonds. The molecule has 0 aromatic heterocycles. The third kappa shape index (κ3) is 4.15. The zero-order valence-electron chi connectivity index (χ0n) is 16.0. The number of hydrogen-bond acceptors (Lipinski definition) is 3. The van der Waals surface area contributed by atoms with E-state index in [4.69, 9.17) is 0 Å². The summed E-state index contributed by atoms with van der Waals surface area (Å²) in [5, 5.41) is 5.45. The largest absolute Gasteiger partial charge is 0.350 e. The van der Waals surface area contributed by atoms with E-state index >= 15 is 0 Å². The summed E-state index contributed by atoms with van der Waals surface area (Å²) >= 11 is 0. The van der Waals surface area contributed by atoms with E-state index in [-0.39, 0.29) is 23.9 Å². The molecule has 2 fully saturated rings. The highest BCUT2D eigenvalue weighted by molar-refractivity contribution is 5.94. The molecule has 2 saturated heterocycles. The molecular weight excluding hydrogens is 376 g/mol. The molecule has 2 aromatic rings. The van der Waals surface area contributed by atoms with Crippen LogP contribution in [0.25, 0.3) is 0 Å². The highest BCUT2D eigenvalue weighted by Gasteiger charge is 2.52. The minimum atomic E-state index is -0.704. The maximum absolute atomic E-state index is 13.7. The fourth-order valence-electron chi connectivity index (χ4n) is 4.26. The van der Waals surface area contributed by atoms with Gasteiger partial charge in [0.15, 0.2) is 0 Å². The molecule has 2 aliphatic heterocycles. The summed E-state index contributed by atoms with van der Waals surface area (Å²) in [6.45, 7) is 2.14. The molecule has 2 heterocycles. The van der Waals surface area contributed by atoms with Crippen molar-refractivity contribution in [2.24, 2.45) is 5.41 Å². The first-order valence-electron chi connectivity index (χ1n) is 9.74. The predicted octanol–water partition coefficient (Wildman–Crippen LogP) is 2.36. The van der Waals surface area contributed by atoms with Crippen molar-refractivity contribution in [1.82, 2.24) is 15.5 Å². The average Bonchev–Trinajstić information content (AvgIpc) is 3.25. The number of nitrogens with zero attached hydrogens (tertiary/aromatic N) is 1. The van der Waals surface area contributed by atoms with E-state index < -0.39 is 23.1 Å². The van der Waals surface area contributed by atoms with E-state index in [1.54, 1.807) is 0 Å². The maximum atomic E-state index is 13.7. The van der Waals surface area contributed by atoms with Gasteiger partial charge in [-0.2, -0.15) is 0 Å². The van der Waals surface area contributed by atoms with Gasteiger partial charge in [0, 0.05) is 31.3 Å². The SMILES string of the molecule is O=C(NCc1ccc(F)cc1F)[C@@H]1C[C@]2(CCN(Cc3ccccc3)C2)C(=O)N1. The number of carbonyl (C=O) groups excluding carboxylic acids is 2. The van der Waals surface area contributed by atoms with Gasteiger partial charge in [-0.15, -0.1) is 0 Å². The second-order valence-corrected chi connectivity index (χ2v) is 7.91. The van der Waals surface area contributed by atoms with Crippen molar-refractivity contribution >= 4 is 11.8 Å². The Labute approximate surface area is 168 Å². The van der Waals surface area contributed by atoms with Crippen molar-refractivity contribution in [1.29, 1.82) is 0 Å². The molecule has 0 aliphatic carbocycles. The summed E-state index contributed by atoms with van der Waals surface area (Å²) in [6, 6.07) is 12.7. The van der Waals surface area contributed by atoms with Crippen molar-refractivity contribution < 1.29 is 18.4 Å². The summed E-state index contributed by atoms with van der Waals surface area (Å²) in [4.78, 5) is 27.4. The van der Waals surface area contributed by atoms with Crippen molar-refractivity contribution in [2.45, 2.75) is 32.0 Å². The number of amides is 2. The minimum absolute atomic E-state index is 0.0511. The quantitative estimate of drug-likeness (QED) is 0.812. The zero-order valence-corrected chi connectivity index (χ0v) is 16.0. The molecule has 7 heteroatoms. The number of likely N-dealkylation sites (tertiary alicyclic amines) is 1. The summed E-state index contributed by atoms with van der Waals surface area (Å²) in [7, 11) is 0. The molecular formula is C22H23F2N3O2. The molecule has 0 radical (unpaired) electrons. The highest BCUT2D eigenvalue weighted by Crippen LogP contribution is 2.40. The van der Waals surface area contributed by atoms with E-state index in [1.165, 1.54) is 11.6 Å². The van der Waals surface area contributed by atoms with Crippen LogP contribution in [0.15, 0.2) is 48.5 Å². The third-order valence-corrected chi connectivity index (χ3v) is 5.85. The van der Waals surface area contributed by atoms with Crippen LogP contribution >= 0.6 is 0 Å². The molecule has 2 aliphatic rings. The summed E-state index contributed by atoms with van der Waals surface area (Å²) in [5.74, 6) is -1.81. The Kier molecular flexibility index (Phi) is 5.32. The molecule has 2 aromatic carbocycles. The molecule has 0 saturated carbocycles. The van der Waals surface area contributed by atoms with Gasteiger partial charge in [-0.05, 0) is 31.0 Å². The van der Waals surface area contributed by atoms with Crippen molar-refractivity contribution in [3.63, 3.8) is 0 Å². The number of rotatable bonds is 5. The zero-order chi connectivity index (χ0) is 20.4. The molecule has 29 heavy (non-hydrogen) atoms. The molecule has 2 N–H and O–H groups in total. The van der Waals surface area contributed by atoms with Gasteiger partial charge in [-0.1, -0.05) is 36.4 Å². The second kappa shape index (κ2) is 7.91. The van der Waals surface area contributed by atoms with Gasteiger partial charge in [0.05, 0.1) is 5.41 Å². The number of halogens is 2. The Morgan fingerprint density at radius 1 is 1.21 bits per heavy atom. The van der Waals surface area contributed by atoms with Gasteiger partial charge in [-0.3, -0.25) is 14.5 Å². The Hall–Kier alpha value is -2.80. The first-order valence-corrected chi connectivity index (χ1v) is 9.74. The lowest BCUT2D eigenvalue weighted by molar-refractivity contribution is -0.128. The maximum Gasteiger partial charge on any atom is 0.242 e. The van der Waals surface area contributed by atoms with Crippen LogP contribution in [0, 0.1) is 17.0 Å². The first-order chi connectivity index (χ1) is 13.9. The molecule has 2 atom stereocenters. The first kappa shape index (κ1) is 19.5. The van der Waals surface area contributed by atoms with Crippen LogP contribution in [-0.4, -0.2) is 35.8 Å². The number of carbonyl (C=O) groups is 2. The number of hydrogen-bond donors (Lipinski definition) is 2. The Bertz CT molecular complexity index is 922. The fraction of sp³-hybridized carbons (Fsp3) is 0.364. The lowest BCUT2D eigenvalue weighted by Gasteiger charge is -2.21. The Morgan fingerprint density at radius 3 is 2.76 bits per heavy atom. The monoisotopic (exact) mass is 399 g/mol. The number of benzene rings is 2. The summed E-state index contributed by atoms with van der Waals surface area (Å²) in [5.41, 5.74) is 0.838. The number of nitrogens with one attached hydrogen (secondary N) is 2. The Balaban J connectivity index is 1.34. The van der Waals surface area contributed by atoms with Crippen LogP contribution in [0.2, 0.25) is 0 Å². The van der Waals surface area contributed by atoms with E-state index in [9.17, 15) is 18.4 Å². The van der Waals surface area contributed by atoms with Gasteiger partial charge in [0.2, 0.25) is 11.8 Å². The van der Waals surface area contributed by atoms with Crippen molar-refractivity contribution in [2.75, 3.05) is 13.1 Å². The minimum Gasteiger partial charge on any atom is -0.350 e. The molecule has 0 bridgehead atoms. The van der Waals surface area contributed by atoms with Gasteiger partial charge < -0.3 is 10.6 Å². The second-order valence-electron chi connectivity index (χ2n) is 7.91. The average molecular weight is 399 g/mol.